The number of rotatable bonds is 20. The summed E-state index contributed by atoms with van der Waals surface area (Å²) in [6.07, 6.45) is 14.0. The van der Waals surface area contributed by atoms with Gasteiger partial charge in [-0.1, -0.05) is 83.8 Å². The standard InChI is InChI=1S/C33H26N8O7.C24H16N6O5.C16H11N4O4.C15H9N4O4.3K.2H2O/c42-26-14-47-24-7-5-17(9-21(24)39-26)11-35-31(44)19-3-1-2-4-20(19)32(45)41-23-13-34-29-28(23)37-16-38-30(29)33(46)36-12-18-6-8-25-22(10-18)40-27(43)15-48-25;31-18-10-35-17-6-5-12(7-15(17)29-18)8-26-22(32)21-20-19(27-11-28-21)16(9-25-20)30-23(33)13-3-1-2-4-14(13)24(30)34;1-24-16(23)10-5-3-2-4-9(10)15(22)20-11-6-17-14-12(7-21)18-8-19-13(11)14;20-6-11-13-12(18-7-17-11)10(5-16-13)19-14(21)8-3-1-2-4-9(8)15(22)23;;;;;/h1-10,13,16,34H,11-12,14-15H2,(H,35,44)(H,36,46)(H,39,42)(H,40,43)(H,41,45);1-7,9,11,25H,8,10H2,(H,26,32)(H,29,31);2-6,8,17H,1H3,(H,20,22);1-5,7,16H,(H,19,21)(H,22,23);;;;2*1H2/q;;2*-1;3*+1;;/p-3. The van der Waals surface area contributed by atoms with Gasteiger partial charge in [-0.25, -0.2) is 29.6 Å². The number of nitrogens with zero attached hydrogens (tertiary/aromatic N) is 9. The Hall–Kier alpha value is -14.1. The van der Waals surface area contributed by atoms with Crippen LogP contribution in [-0.2, 0) is 48.3 Å². The first-order valence-electron chi connectivity index (χ1n) is 38.6. The van der Waals surface area contributed by atoms with E-state index in [1.54, 1.807) is 116 Å². The predicted octanol–water partition coefficient (Wildman–Crippen LogP) is -3.10. The summed E-state index contributed by atoms with van der Waals surface area (Å²) in [7, 11) is 1.24. The van der Waals surface area contributed by atoms with Crippen LogP contribution in [0.4, 0.5) is 39.8 Å². The van der Waals surface area contributed by atoms with Gasteiger partial charge in [-0.15, -0.1) is 0 Å². The van der Waals surface area contributed by atoms with Crippen molar-refractivity contribution in [3.05, 3.63) is 286 Å². The predicted molar refractivity (Wildman–Crippen MR) is 461 cm³/mol. The number of aromatic nitrogens is 12. The summed E-state index contributed by atoms with van der Waals surface area (Å²) in [5.41, 5.74) is 8.62. The minimum atomic E-state index is -1.45. The monoisotopic (exact) mass is 1900 g/mol. The van der Waals surface area contributed by atoms with Crippen molar-refractivity contribution in [1.82, 2.24) is 75.8 Å². The van der Waals surface area contributed by atoms with Gasteiger partial charge >= 0.3 is 160 Å². The van der Waals surface area contributed by atoms with Gasteiger partial charge in [0.05, 0.1) is 97.3 Å². The number of H-pyrrole nitrogens is 4. The van der Waals surface area contributed by atoms with Gasteiger partial charge in [0.2, 0.25) is 0 Å². The summed E-state index contributed by atoms with van der Waals surface area (Å²) in [5, 5.41) is 35.6. The molecular weight excluding hydrogens is 1830 g/mol. The van der Waals surface area contributed by atoms with Crippen molar-refractivity contribution in [2.75, 3.05) is 63.7 Å². The number of imide groups is 1. The van der Waals surface area contributed by atoms with Crippen LogP contribution in [0.2, 0.25) is 0 Å². The Bertz CT molecular complexity index is 7230. The summed E-state index contributed by atoms with van der Waals surface area (Å²) < 4.78 is 20.8. The molecule has 135 heavy (non-hydrogen) atoms. The van der Waals surface area contributed by atoms with Gasteiger partial charge in [0.15, 0.2) is 31.2 Å². The number of carbonyl (C=O) groups is 13. The Balaban J connectivity index is 0.000000179. The number of hydrogen-bond donors (Lipinski definition) is 13. The second-order valence-corrected chi connectivity index (χ2v) is 28.1. The molecule has 0 fully saturated rings. The second-order valence-electron chi connectivity index (χ2n) is 28.1. The fraction of sp³-hybridized carbons (Fsp3) is 0.0795. The first-order valence-corrected chi connectivity index (χ1v) is 38.6. The first-order chi connectivity index (χ1) is 63.1. The summed E-state index contributed by atoms with van der Waals surface area (Å²) >= 11 is 0. The molecule has 4 aliphatic heterocycles. The normalized spacial score (nSPS) is 12.0. The number of aromatic carboxylic acids is 1. The average molecular weight is 1900 g/mol. The van der Waals surface area contributed by atoms with E-state index in [9.17, 15) is 77.0 Å². The van der Waals surface area contributed by atoms with Crippen molar-refractivity contribution in [1.29, 1.82) is 0 Å². The van der Waals surface area contributed by atoms with Gasteiger partial charge in [0.25, 0.3) is 65.0 Å². The van der Waals surface area contributed by atoms with Gasteiger partial charge in [-0.05, 0) is 107 Å². The van der Waals surface area contributed by atoms with Crippen LogP contribution < -0.4 is 226 Å². The zero-order chi connectivity index (χ0) is 90.8. The maximum absolute atomic E-state index is 13.4. The van der Waals surface area contributed by atoms with Crippen molar-refractivity contribution in [2.45, 2.75) is 19.6 Å². The number of nitrogens with one attached hydrogen (secondary N) is 13. The maximum atomic E-state index is 13.4. The molecule has 0 atom stereocenters. The molecule has 47 heteroatoms. The third-order valence-corrected chi connectivity index (χ3v) is 20.0. The van der Waals surface area contributed by atoms with Crippen LogP contribution >= 0.6 is 0 Å². The van der Waals surface area contributed by atoms with Crippen molar-refractivity contribution in [2.24, 2.45) is 0 Å². The van der Waals surface area contributed by atoms with E-state index >= 15 is 0 Å². The van der Waals surface area contributed by atoms with E-state index in [-0.39, 0.29) is 301 Å². The molecule has 0 aliphatic carbocycles. The van der Waals surface area contributed by atoms with Crippen molar-refractivity contribution in [3.63, 3.8) is 0 Å². The third-order valence-electron chi connectivity index (χ3n) is 20.0. The number of benzene rings is 7. The van der Waals surface area contributed by atoms with Crippen LogP contribution in [0.3, 0.4) is 0 Å². The number of hydrogen-bond acceptors (Lipinski definition) is 30. The fourth-order valence-electron chi connectivity index (χ4n) is 13.9. The van der Waals surface area contributed by atoms with Gasteiger partial charge in [-0.2, -0.15) is 0 Å². The topological polar surface area (TPSA) is 654 Å². The van der Waals surface area contributed by atoms with Crippen LogP contribution in [-0.4, -0.2) is 187 Å². The number of carboxylic acids is 1. The SMILES string of the molecule is COC(=O)c1ccccc1C(=O)Nc1c[nH]c2c([C-]=O)ncnc12.O=C1COc2ccc(CNC(=O)c3ccccc3C(=O)Nc3c[nH]c4c(C(=O)NCc5ccc6c(c5)NC(=O)CO6)ncnc34)cc2N1.O=C1COc2ccc(CNC(=O)c3ncnc4c(N5C(=O)c6ccccc6C5=O)c[nH]c34)cc2N1.O=[C-]c1ncnc2c(NC(=O)c3ccccc3C(=O)[O-])c[nH]c12.[K+].[K+].[K+].[OH-].[OH-]. The molecule has 0 saturated heterocycles. The molecule has 15 N–H and O–H groups in total. The average Bonchev–Trinajstić information content (AvgIpc) is 1.59. The zero-order valence-corrected chi connectivity index (χ0v) is 80.2. The summed E-state index contributed by atoms with van der Waals surface area (Å²) in [6.45, 7) is 0.309. The molecule has 0 radical (unpaired) electrons. The van der Waals surface area contributed by atoms with Crippen molar-refractivity contribution < 1.29 is 261 Å². The quantitative estimate of drug-likeness (QED) is 0.0156. The number of carboxylic acid groups (broad SMARTS) is 1. The number of carbonyl (C=O) groups excluding carboxylic acids is 15. The van der Waals surface area contributed by atoms with Crippen LogP contribution in [0.5, 0.6) is 17.2 Å². The molecule has 4 aliphatic rings. The second kappa shape index (κ2) is 45.6. The summed E-state index contributed by atoms with van der Waals surface area (Å²) in [5.74, 6) is -5.26. The Morgan fingerprint density at radius 2 is 0.726 bits per heavy atom. The van der Waals surface area contributed by atoms with E-state index in [0.717, 1.165) is 21.6 Å². The van der Waals surface area contributed by atoms with Crippen LogP contribution in [0.25, 0.3) is 44.1 Å². The number of fused-ring (bicyclic) bond motifs is 8. The molecule has 11 amide bonds. The van der Waals surface area contributed by atoms with Gasteiger partial charge < -0.3 is 117 Å². The molecule has 8 aromatic heterocycles. The first kappa shape index (κ1) is 101. The van der Waals surface area contributed by atoms with E-state index in [1.807, 2.05) is 0 Å². The number of amides is 11. The van der Waals surface area contributed by atoms with Crippen LogP contribution in [0.15, 0.2) is 202 Å². The minimum Gasteiger partial charge on any atom is -0.870 e. The van der Waals surface area contributed by atoms with Gasteiger partial charge in [-0.3, -0.25) is 72.7 Å². The Morgan fingerprint density at radius 3 is 1.13 bits per heavy atom. The van der Waals surface area contributed by atoms with Crippen molar-refractivity contribution >= 4 is 173 Å². The van der Waals surface area contributed by atoms with E-state index in [0.29, 0.717) is 89.7 Å². The van der Waals surface area contributed by atoms with Gasteiger partial charge in [0, 0.05) is 79.2 Å². The fourth-order valence-corrected chi connectivity index (χ4v) is 13.9. The van der Waals surface area contributed by atoms with E-state index in [4.69, 9.17) is 14.2 Å². The Kier molecular flexibility index (Phi) is 34.2. The number of esters is 1. The molecule has 7 aromatic carbocycles. The minimum absolute atomic E-state index is 0. The molecule has 662 valence electrons. The maximum Gasteiger partial charge on any atom is 1.00 e. The van der Waals surface area contributed by atoms with E-state index < -0.39 is 59.2 Å². The molecule has 12 heterocycles. The van der Waals surface area contributed by atoms with Crippen molar-refractivity contribution in [3.8, 4) is 17.2 Å². The number of ether oxygens (including phenoxy) is 4. The Labute approximate surface area is 885 Å². The summed E-state index contributed by atoms with van der Waals surface area (Å²) in [6, 6.07) is 40.5. The number of methoxy groups -OCH3 is 1. The molecule has 0 saturated carbocycles. The third kappa shape index (κ3) is 22.4. The Morgan fingerprint density at radius 1 is 0.400 bits per heavy atom. The molecule has 19 rings (SSSR count). The molecule has 15 aromatic rings. The number of anilines is 7. The molecule has 44 nitrogen and oxygen atoms in total. The number of aromatic amines is 4. The molecule has 0 spiro atoms. The summed E-state index contributed by atoms with van der Waals surface area (Å²) in [4.78, 5) is 227. The molecular formula is C88H63K3N22O22-2. The van der Waals surface area contributed by atoms with Crippen LogP contribution in [0.1, 0.15) is 132 Å². The van der Waals surface area contributed by atoms with Gasteiger partial charge in [0.1, 0.15) is 53.6 Å². The van der Waals surface area contributed by atoms with E-state index in [2.05, 4.69) is 112 Å². The molecule has 0 unspecified atom stereocenters. The largest absolute Gasteiger partial charge is 1.00 e. The van der Waals surface area contributed by atoms with E-state index in [1.165, 1.54) is 106 Å². The van der Waals surface area contributed by atoms with Crippen LogP contribution in [0, 0.1) is 0 Å². The zero-order valence-electron chi connectivity index (χ0n) is 70.9. The molecule has 0 bridgehead atoms. The smallest absolute Gasteiger partial charge is 0.870 e.